The molecule has 7 rings (SSSR count). The number of hydrogen-bond donors (Lipinski definition) is 1. The molecule has 1 aliphatic carbocycles. The Labute approximate surface area is 292 Å². The Bertz CT molecular complexity index is 1690. The molecule has 0 aromatic heterocycles. The van der Waals surface area contributed by atoms with Crippen LogP contribution < -0.4 is 4.74 Å². The molecule has 2 heterocycles. The van der Waals surface area contributed by atoms with E-state index in [-0.39, 0.29) is 30.7 Å². The number of hydrogen-bond acceptors (Lipinski definition) is 6. The van der Waals surface area contributed by atoms with Crippen LogP contribution in [-0.2, 0) is 18.9 Å². The third kappa shape index (κ3) is 8.16. The summed E-state index contributed by atoms with van der Waals surface area (Å²) in [7, 11) is 1.70. The molecule has 3 fully saturated rings. The van der Waals surface area contributed by atoms with Crippen LogP contribution in [0.5, 0.6) is 5.75 Å². The van der Waals surface area contributed by atoms with Crippen LogP contribution in [0.4, 0.5) is 0 Å². The van der Waals surface area contributed by atoms with Crippen molar-refractivity contribution in [3.63, 3.8) is 0 Å². The van der Waals surface area contributed by atoms with Gasteiger partial charge in [-0.3, -0.25) is 0 Å². The molecule has 10 atom stereocenters. The molecule has 3 aliphatic rings. The molecule has 2 aliphatic heterocycles. The maximum absolute atomic E-state index is 11.5. The summed E-state index contributed by atoms with van der Waals surface area (Å²) in [5, 5.41) is 16.3. The number of rotatable bonds is 10. The lowest BCUT2D eigenvalue weighted by molar-refractivity contribution is -0.270. The van der Waals surface area contributed by atoms with Crippen LogP contribution in [0.1, 0.15) is 102 Å². The molecule has 49 heavy (non-hydrogen) atoms. The average Bonchev–Trinajstić information content (AvgIpc) is 3.10. The average molecular weight is 667 g/mol. The minimum absolute atomic E-state index is 0.0113. The number of fused-ring (bicyclic) bond motifs is 2. The minimum atomic E-state index is -0.523. The molecule has 6 nitrogen and oxygen atoms in total. The van der Waals surface area contributed by atoms with Gasteiger partial charge in [0.2, 0.25) is 0 Å². The first kappa shape index (κ1) is 34.4. The molecule has 6 heteroatoms. The van der Waals surface area contributed by atoms with E-state index < -0.39 is 12.4 Å². The Balaban J connectivity index is 0.971. The first-order chi connectivity index (χ1) is 23.8. The van der Waals surface area contributed by atoms with E-state index in [0.29, 0.717) is 24.2 Å². The van der Waals surface area contributed by atoms with Crippen molar-refractivity contribution in [3.8, 4) is 5.75 Å². The summed E-state index contributed by atoms with van der Waals surface area (Å²) in [5.74, 6) is 2.53. The van der Waals surface area contributed by atoms with Crippen LogP contribution in [-0.4, -0.2) is 49.0 Å². The zero-order chi connectivity index (χ0) is 33.9. The SMILES string of the molecule is CCC1CC(CC(O)CC2CC(CC3CC(C)O[C@@H](c4c(OC)ccc5ccccc45)O3)O[C@@H](C)O2)C[C@@H](c2ccc3ccccc3c2)C1. The van der Waals surface area contributed by atoms with Gasteiger partial charge < -0.3 is 28.8 Å². The topological polar surface area (TPSA) is 66.4 Å². The van der Waals surface area contributed by atoms with Crippen molar-refractivity contribution >= 4 is 21.5 Å². The van der Waals surface area contributed by atoms with Crippen LogP contribution in [0.3, 0.4) is 0 Å². The molecule has 2 saturated heterocycles. The zero-order valence-corrected chi connectivity index (χ0v) is 29.6. The maximum Gasteiger partial charge on any atom is 0.188 e. The fourth-order valence-electron chi connectivity index (χ4n) is 9.07. The van der Waals surface area contributed by atoms with Crippen molar-refractivity contribution in [3.05, 3.63) is 90.0 Å². The lowest BCUT2D eigenvalue weighted by Gasteiger charge is -2.40. The summed E-state index contributed by atoms with van der Waals surface area (Å²) in [5.41, 5.74) is 2.39. The van der Waals surface area contributed by atoms with E-state index in [1.165, 1.54) is 35.6 Å². The first-order valence-corrected chi connectivity index (χ1v) is 18.7. The molecule has 4 aromatic rings. The van der Waals surface area contributed by atoms with Gasteiger partial charge in [0.1, 0.15) is 5.75 Å². The Morgan fingerprint density at radius 3 is 2.24 bits per heavy atom. The number of ether oxygens (including phenoxy) is 5. The smallest absolute Gasteiger partial charge is 0.188 e. The van der Waals surface area contributed by atoms with E-state index >= 15 is 0 Å². The van der Waals surface area contributed by atoms with Gasteiger partial charge >= 0.3 is 0 Å². The quantitative estimate of drug-likeness (QED) is 0.182. The highest BCUT2D eigenvalue weighted by atomic mass is 16.7. The van der Waals surface area contributed by atoms with Gasteiger partial charge in [0.25, 0.3) is 0 Å². The van der Waals surface area contributed by atoms with Crippen LogP contribution in [0.2, 0.25) is 0 Å². The lowest BCUT2D eigenvalue weighted by atomic mass is 9.70. The Morgan fingerprint density at radius 2 is 1.43 bits per heavy atom. The molecule has 7 unspecified atom stereocenters. The summed E-state index contributed by atoms with van der Waals surface area (Å²) >= 11 is 0. The first-order valence-electron chi connectivity index (χ1n) is 18.7. The Morgan fingerprint density at radius 1 is 0.714 bits per heavy atom. The highest BCUT2D eigenvalue weighted by molar-refractivity contribution is 5.88. The molecule has 262 valence electrons. The van der Waals surface area contributed by atoms with Gasteiger partial charge in [-0.2, -0.15) is 0 Å². The summed E-state index contributed by atoms with van der Waals surface area (Å²) in [6.45, 7) is 6.41. The van der Waals surface area contributed by atoms with E-state index in [9.17, 15) is 5.11 Å². The summed E-state index contributed by atoms with van der Waals surface area (Å²) < 4.78 is 31.4. The molecule has 0 amide bonds. The van der Waals surface area contributed by atoms with Crippen molar-refractivity contribution in [2.75, 3.05) is 7.11 Å². The summed E-state index contributed by atoms with van der Waals surface area (Å²) in [4.78, 5) is 0. The monoisotopic (exact) mass is 666 g/mol. The second kappa shape index (κ2) is 15.5. The van der Waals surface area contributed by atoms with Crippen LogP contribution in [0, 0.1) is 11.8 Å². The lowest BCUT2D eigenvalue weighted by Crippen LogP contribution is -2.42. The van der Waals surface area contributed by atoms with Crippen molar-refractivity contribution in [2.24, 2.45) is 11.8 Å². The van der Waals surface area contributed by atoms with Gasteiger partial charge in [0, 0.05) is 12.8 Å². The highest BCUT2D eigenvalue weighted by Crippen LogP contribution is 2.44. The fourth-order valence-corrected chi connectivity index (χ4v) is 9.07. The number of aliphatic hydroxyl groups excluding tert-OH is 1. The van der Waals surface area contributed by atoms with E-state index in [2.05, 4.69) is 74.5 Å². The summed E-state index contributed by atoms with van der Waals surface area (Å²) in [6, 6.07) is 28.0. The number of aliphatic hydroxyl groups is 1. The molecular formula is C43H54O6. The second-order valence-corrected chi connectivity index (χ2v) is 15.0. The fraction of sp³-hybridized carbons (Fsp3) is 0.535. The van der Waals surface area contributed by atoms with Crippen molar-refractivity contribution in [1.29, 1.82) is 0 Å². The van der Waals surface area contributed by atoms with E-state index in [1.54, 1.807) is 7.11 Å². The second-order valence-electron chi connectivity index (χ2n) is 15.0. The van der Waals surface area contributed by atoms with Crippen LogP contribution in [0.25, 0.3) is 21.5 Å². The van der Waals surface area contributed by atoms with Crippen molar-refractivity contribution in [2.45, 2.75) is 128 Å². The van der Waals surface area contributed by atoms with Crippen molar-refractivity contribution in [1.82, 2.24) is 0 Å². The predicted molar refractivity (Wildman–Crippen MR) is 195 cm³/mol. The van der Waals surface area contributed by atoms with Crippen LogP contribution >= 0.6 is 0 Å². The maximum atomic E-state index is 11.5. The molecule has 0 spiro atoms. The zero-order valence-electron chi connectivity index (χ0n) is 29.6. The van der Waals surface area contributed by atoms with E-state index in [4.69, 9.17) is 23.7 Å². The third-order valence-corrected chi connectivity index (χ3v) is 11.3. The third-order valence-electron chi connectivity index (χ3n) is 11.3. The number of benzene rings is 4. The van der Waals surface area contributed by atoms with Gasteiger partial charge in [-0.05, 0) is 103 Å². The van der Waals surface area contributed by atoms with Crippen LogP contribution in [0.15, 0.2) is 78.9 Å². The summed E-state index contributed by atoms with van der Waals surface area (Å²) in [6.07, 6.45) is 7.26. The standard InChI is InChI=1S/C43H54O6/c1-5-29-19-30(21-35(20-29)34-15-14-31-10-6-7-12-33(31)23-34)22-36(44)24-38-26-39(48-28(3)47-38)25-37-18-27(2)46-43(49-37)42-40-13-9-8-11-32(40)16-17-41(42)45-4/h6-17,23,27-30,35-39,43-44H,5,18-22,24-26H2,1-4H3/t27?,28-,29?,30?,35-,36?,37?,38?,39?,43+/m0/s1. The minimum Gasteiger partial charge on any atom is -0.496 e. The van der Waals surface area contributed by atoms with Crippen molar-refractivity contribution < 1.29 is 28.8 Å². The number of methoxy groups -OCH3 is 1. The van der Waals surface area contributed by atoms with Gasteiger partial charge in [-0.1, -0.05) is 86.1 Å². The molecule has 0 radical (unpaired) electrons. The van der Waals surface area contributed by atoms with Gasteiger partial charge in [0.15, 0.2) is 12.6 Å². The highest BCUT2D eigenvalue weighted by Gasteiger charge is 2.37. The Kier molecular flexibility index (Phi) is 10.9. The molecule has 4 aromatic carbocycles. The molecule has 0 bridgehead atoms. The van der Waals surface area contributed by atoms with E-state index in [0.717, 1.165) is 54.2 Å². The normalized spacial score (nSPS) is 31.5. The van der Waals surface area contributed by atoms with Gasteiger partial charge in [-0.15, -0.1) is 0 Å². The molecule has 1 N–H and O–H groups in total. The Hall–Kier alpha value is -3.00. The molecule has 1 saturated carbocycles. The largest absolute Gasteiger partial charge is 0.496 e. The van der Waals surface area contributed by atoms with Gasteiger partial charge in [-0.25, -0.2) is 0 Å². The predicted octanol–water partition coefficient (Wildman–Crippen LogP) is 9.86. The van der Waals surface area contributed by atoms with Gasteiger partial charge in [0.05, 0.1) is 43.2 Å². The van der Waals surface area contributed by atoms with E-state index in [1.807, 2.05) is 25.1 Å². The molecular weight excluding hydrogens is 612 g/mol.